The maximum Gasteiger partial charge on any atom is 0.586 e. The van der Waals surface area contributed by atoms with Gasteiger partial charge < -0.3 is 20.1 Å². The van der Waals surface area contributed by atoms with Crippen molar-refractivity contribution in [1.82, 2.24) is 10.3 Å². The van der Waals surface area contributed by atoms with E-state index in [1.54, 1.807) is 12.1 Å². The minimum Gasteiger partial charge on any atom is -0.395 e. The highest BCUT2D eigenvalue weighted by Crippen LogP contribution is 2.52. The summed E-state index contributed by atoms with van der Waals surface area (Å²) in [7, 11) is 0. The molecule has 0 unspecified atom stereocenters. The molecular formula is C28H23F2N3O4. The maximum atomic E-state index is 13.5. The molecule has 0 radical (unpaired) electrons. The number of hydrogen-bond donors (Lipinski definition) is 2. The van der Waals surface area contributed by atoms with E-state index in [9.17, 15) is 18.4 Å². The third-order valence-electron chi connectivity index (χ3n) is 7.19. The molecule has 3 aliphatic rings. The summed E-state index contributed by atoms with van der Waals surface area (Å²) < 4.78 is 36.0. The molecule has 1 saturated carbocycles. The van der Waals surface area contributed by atoms with Gasteiger partial charge in [-0.25, -0.2) is 4.98 Å². The van der Waals surface area contributed by atoms with Gasteiger partial charge in [0, 0.05) is 25.9 Å². The molecule has 9 heteroatoms. The maximum absolute atomic E-state index is 13.5. The van der Waals surface area contributed by atoms with E-state index in [0.29, 0.717) is 42.0 Å². The van der Waals surface area contributed by atoms with E-state index >= 15 is 0 Å². The third-order valence-corrected chi connectivity index (χ3v) is 7.19. The van der Waals surface area contributed by atoms with Crippen molar-refractivity contribution in [2.24, 2.45) is 0 Å². The van der Waals surface area contributed by atoms with Crippen LogP contribution in [0.4, 0.5) is 14.6 Å². The number of hydrogen-bond acceptors (Lipinski definition) is 5. The summed E-state index contributed by atoms with van der Waals surface area (Å²) in [5.74, 6) is -0.188. The van der Waals surface area contributed by atoms with Gasteiger partial charge >= 0.3 is 6.29 Å². The lowest BCUT2D eigenvalue weighted by molar-refractivity contribution is -0.286. The van der Waals surface area contributed by atoms with E-state index < -0.39 is 11.7 Å². The van der Waals surface area contributed by atoms with Gasteiger partial charge in [0.05, 0.1) is 11.1 Å². The highest BCUT2D eigenvalue weighted by Gasteiger charge is 2.53. The first-order chi connectivity index (χ1) is 17.8. The second kappa shape index (κ2) is 7.49. The number of nitrogens with one attached hydrogen (secondary N) is 2. The van der Waals surface area contributed by atoms with Gasteiger partial charge in [-0.1, -0.05) is 42.5 Å². The number of carbonyl (C=O) groups is 2. The summed E-state index contributed by atoms with van der Waals surface area (Å²) in [5, 5.41) is 7.53. The predicted octanol–water partition coefficient (Wildman–Crippen LogP) is 5.63. The smallest absolute Gasteiger partial charge is 0.395 e. The number of benzene rings is 3. The molecule has 0 spiro atoms. The topological polar surface area (TPSA) is 89.6 Å². The molecule has 37 heavy (non-hydrogen) atoms. The fourth-order valence-electron chi connectivity index (χ4n) is 5.10. The van der Waals surface area contributed by atoms with Crippen LogP contribution in [0.15, 0.2) is 66.7 Å². The minimum absolute atomic E-state index is 0. The molecule has 0 bridgehead atoms. The lowest BCUT2D eigenvalue weighted by atomic mass is 9.94. The molecule has 0 saturated heterocycles. The van der Waals surface area contributed by atoms with Crippen LogP contribution in [0.25, 0.3) is 22.0 Å². The number of aromatic nitrogens is 1. The van der Waals surface area contributed by atoms with Crippen LogP contribution in [0.5, 0.6) is 11.5 Å². The first-order valence-electron chi connectivity index (χ1n) is 11.8. The van der Waals surface area contributed by atoms with Crippen LogP contribution in [-0.2, 0) is 16.8 Å². The van der Waals surface area contributed by atoms with Crippen LogP contribution in [0.2, 0.25) is 0 Å². The third kappa shape index (κ3) is 3.49. The molecule has 2 amide bonds. The standard InChI is InChI=1S/C28H19F2N3O4.2H2/c29-28(30)36-21-8-7-18(13-22(21)37-28)27(9-10-27)26(35)33-23-12-15-3-1-2-4-19(15)24(32-23)16-5-6-17-14-31-25(34)20(17)11-16;;/h1-8,11-13H,9-10,14H2,(H,31,34)(H,32,33,35);2*1H. The number of carbonyl (C=O) groups excluding carboxylic acids is 2. The van der Waals surface area contributed by atoms with Crippen molar-refractivity contribution < 1.29 is 30.7 Å². The number of rotatable bonds is 4. The Morgan fingerprint density at radius 2 is 1.81 bits per heavy atom. The Bertz CT molecular complexity index is 1660. The van der Waals surface area contributed by atoms with E-state index in [-0.39, 0.29) is 26.2 Å². The van der Waals surface area contributed by atoms with E-state index in [0.717, 1.165) is 21.9 Å². The van der Waals surface area contributed by atoms with Gasteiger partial charge in [0.25, 0.3) is 5.91 Å². The van der Waals surface area contributed by atoms with Crippen LogP contribution in [0.3, 0.4) is 0 Å². The molecular weight excluding hydrogens is 480 g/mol. The van der Waals surface area contributed by atoms with Gasteiger partial charge in [0.2, 0.25) is 5.91 Å². The molecule has 3 heterocycles. The number of alkyl halides is 2. The number of amides is 2. The minimum atomic E-state index is -3.72. The molecule has 1 aromatic heterocycles. The van der Waals surface area contributed by atoms with Crippen molar-refractivity contribution in [3.05, 3.63) is 83.4 Å². The van der Waals surface area contributed by atoms with Crippen molar-refractivity contribution in [2.45, 2.75) is 31.1 Å². The molecule has 7 nitrogen and oxygen atoms in total. The number of ether oxygens (including phenoxy) is 2. The Morgan fingerprint density at radius 3 is 2.65 bits per heavy atom. The first kappa shape index (κ1) is 21.7. The molecule has 188 valence electrons. The number of fused-ring (bicyclic) bond motifs is 3. The second-order valence-electron chi connectivity index (χ2n) is 9.50. The summed E-state index contributed by atoms with van der Waals surface area (Å²) in [5.41, 5.74) is 2.67. The summed E-state index contributed by atoms with van der Waals surface area (Å²) in [6.45, 7) is 0.498. The zero-order chi connectivity index (χ0) is 25.4. The molecule has 0 atom stereocenters. The van der Waals surface area contributed by atoms with Gasteiger partial charge in [-0.15, -0.1) is 8.78 Å². The molecule has 2 aliphatic heterocycles. The average Bonchev–Trinajstić information content (AvgIpc) is 3.53. The Kier molecular flexibility index (Phi) is 4.40. The Labute approximate surface area is 212 Å². The lowest BCUT2D eigenvalue weighted by Gasteiger charge is -2.17. The van der Waals surface area contributed by atoms with Gasteiger partial charge in [0.1, 0.15) is 5.82 Å². The average molecular weight is 504 g/mol. The molecule has 1 fully saturated rings. The summed E-state index contributed by atoms with van der Waals surface area (Å²) >= 11 is 0. The van der Waals surface area contributed by atoms with E-state index in [1.807, 2.05) is 42.5 Å². The van der Waals surface area contributed by atoms with Crippen LogP contribution in [0.1, 0.15) is 37.2 Å². The predicted molar refractivity (Wildman–Crippen MR) is 135 cm³/mol. The number of pyridine rings is 1. The van der Waals surface area contributed by atoms with Crippen molar-refractivity contribution in [2.75, 3.05) is 5.32 Å². The van der Waals surface area contributed by atoms with Crippen molar-refractivity contribution in [1.29, 1.82) is 0 Å². The second-order valence-corrected chi connectivity index (χ2v) is 9.50. The summed E-state index contributed by atoms with van der Waals surface area (Å²) in [6.07, 6.45) is -2.59. The van der Waals surface area contributed by atoms with Crippen LogP contribution in [-0.4, -0.2) is 23.1 Å². The van der Waals surface area contributed by atoms with Gasteiger partial charge in [-0.3, -0.25) is 9.59 Å². The number of anilines is 1. The van der Waals surface area contributed by atoms with Gasteiger partial charge in [-0.05, 0) is 53.6 Å². The van der Waals surface area contributed by atoms with Crippen LogP contribution < -0.4 is 20.1 Å². The van der Waals surface area contributed by atoms with E-state index in [4.69, 9.17) is 4.98 Å². The fourth-order valence-corrected chi connectivity index (χ4v) is 5.10. The molecule has 4 aromatic rings. The zero-order valence-corrected chi connectivity index (χ0v) is 19.3. The molecule has 1 aliphatic carbocycles. The van der Waals surface area contributed by atoms with Crippen LogP contribution >= 0.6 is 0 Å². The largest absolute Gasteiger partial charge is 0.586 e. The first-order valence-corrected chi connectivity index (χ1v) is 11.8. The SMILES string of the molecule is O=C1NCc2ccc(-c3nc(NC(=O)C4(c5ccc6c(c5)OC(F)(F)O6)CC4)cc4ccccc34)cc21.[HH].[HH]. The quantitative estimate of drug-likeness (QED) is 0.377. The number of nitrogens with zero attached hydrogens (tertiary/aromatic N) is 1. The van der Waals surface area contributed by atoms with Crippen molar-refractivity contribution in [3.8, 4) is 22.8 Å². The van der Waals surface area contributed by atoms with E-state index in [1.165, 1.54) is 12.1 Å². The lowest BCUT2D eigenvalue weighted by Crippen LogP contribution is -2.28. The van der Waals surface area contributed by atoms with Gasteiger partial charge in [0.15, 0.2) is 11.5 Å². The summed E-state index contributed by atoms with van der Waals surface area (Å²) in [4.78, 5) is 30.5. The normalized spacial score (nSPS) is 17.8. The highest BCUT2D eigenvalue weighted by atomic mass is 19.3. The highest BCUT2D eigenvalue weighted by molar-refractivity contribution is 6.04. The van der Waals surface area contributed by atoms with Crippen LogP contribution in [0, 0.1) is 0 Å². The van der Waals surface area contributed by atoms with E-state index in [2.05, 4.69) is 20.1 Å². The Hall–Kier alpha value is -4.53. The molecule has 7 rings (SSSR count). The zero-order valence-electron chi connectivity index (χ0n) is 19.3. The summed E-state index contributed by atoms with van der Waals surface area (Å²) in [6, 6.07) is 19.6. The molecule has 2 N–H and O–H groups in total. The van der Waals surface area contributed by atoms with Gasteiger partial charge in [-0.2, -0.15) is 0 Å². The van der Waals surface area contributed by atoms with Crippen molar-refractivity contribution in [3.63, 3.8) is 0 Å². The molecule has 3 aromatic carbocycles. The fraction of sp³-hybridized carbons (Fsp3) is 0.179. The Morgan fingerprint density at radius 1 is 1.00 bits per heavy atom. The monoisotopic (exact) mass is 503 g/mol. The number of halogens is 2. The Balaban J connectivity index is 0.00000154. The van der Waals surface area contributed by atoms with Crippen molar-refractivity contribution >= 4 is 28.4 Å².